The largest absolute Gasteiger partial charge is 0.357 e. The number of benzene rings is 1. The number of nitrogens with zero attached hydrogens (tertiary/aromatic N) is 2. The van der Waals surface area contributed by atoms with Gasteiger partial charge in [-0.3, -0.25) is 9.79 Å². The normalized spacial score (nSPS) is 24.0. The predicted octanol–water partition coefficient (Wildman–Crippen LogP) is 3.36. The van der Waals surface area contributed by atoms with Crippen molar-refractivity contribution in [1.82, 2.24) is 15.5 Å². The smallest absolute Gasteiger partial charge is 0.225 e. The number of amides is 1. The number of likely N-dealkylation sites (tertiary alicyclic amines) is 1. The highest BCUT2D eigenvalue weighted by Gasteiger charge is 2.42. The first-order chi connectivity index (χ1) is 14.2. The van der Waals surface area contributed by atoms with Crippen LogP contribution >= 0.6 is 0 Å². The summed E-state index contributed by atoms with van der Waals surface area (Å²) in [5, 5.41) is 7.01. The molecule has 1 aromatic carbocycles. The van der Waals surface area contributed by atoms with Gasteiger partial charge in [-0.25, -0.2) is 0 Å². The van der Waals surface area contributed by atoms with Crippen molar-refractivity contribution in [3.05, 3.63) is 35.9 Å². The van der Waals surface area contributed by atoms with Gasteiger partial charge in [0.25, 0.3) is 0 Å². The van der Waals surface area contributed by atoms with Gasteiger partial charge in [0.1, 0.15) is 0 Å². The molecule has 0 spiro atoms. The number of carbonyl (C=O) groups excluding carboxylic acids is 1. The molecule has 1 heterocycles. The second-order valence-corrected chi connectivity index (χ2v) is 9.25. The molecular weight excluding hydrogens is 360 g/mol. The molecule has 2 N–H and O–H groups in total. The first-order valence-corrected chi connectivity index (χ1v) is 11.5. The Morgan fingerprint density at radius 3 is 2.62 bits per heavy atom. The van der Waals surface area contributed by atoms with Crippen molar-refractivity contribution in [1.29, 1.82) is 0 Å². The summed E-state index contributed by atoms with van der Waals surface area (Å²) in [7, 11) is 0. The van der Waals surface area contributed by atoms with Gasteiger partial charge in [-0.2, -0.15) is 0 Å². The maximum atomic E-state index is 12.7. The highest BCUT2D eigenvalue weighted by atomic mass is 16.2. The molecule has 1 aromatic rings. The van der Waals surface area contributed by atoms with Crippen LogP contribution in [-0.2, 0) is 11.2 Å². The average Bonchev–Trinajstić information content (AvgIpc) is 3.14. The summed E-state index contributed by atoms with van der Waals surface area (Å²) in [6, 6.07) is 11.1. The number of nitrogens with one attached hydrogen (secondary N) is 2. The number of aliphatic imine (C=N–C) groups is 1. The molecule has 5 heteroatoms. The molecule has 5 nitrogen and oxygen atoms in total. The molecule has 3 aliphatic rings. The number of rotatable bonds is 7. The van der Waals surface area contributed by atoms with E-state index in [0.29, 0.717) is 17.4 Å². The highest BCUT2D eigenvalue weighted by molar-refractivity contribution is 5.81. The van der Waals surface area contributed by atoms with Crippen LogP contribution in [0.4, 0.5) is 0 Å². The van der Waals surface area contributed by atoms with Crippen molar-refractivity contribution in [2.75, 3.05) is 26.2 Å². The molecule has 1 unspecified atom stereocenters. The summed E-state index contributed by atoms with van der Waals surface area (Å²) in [5.41, 5.74) is 1.75. The van der Waals surface area contributed by atoms with Gasteiger partial charge in [0.15, 0.2) is 5.96 Å². The topological polar surface area (TPSA) is 56.7 Å². The molecule has 1 atom stereocenters. The van der Waals surface area contributed by atoms with Crippen LogP contribution in [0.25, 0.3) is 0 Å². The lowest BCUT2D eigenvalue weighted by atomic mass is 9.97. The molecule has 1 amide bonds. The van der Waals surface area contributed by atoms with E-state index in [1.807, 2.05) is 0 Å². The predicted molar refractivity (Wildman–Crippen MR) is 118 cm³/mol. The fourth-order valence-corrected chi connectivity index (χ4v) is 4.87. The van der Waals surface area contributed by atoms with E-state index in [0.717, 1.165) is 57.8 Å². The van der Waals surface area contributed by atoms with Crippen molar-refractivity contribution in [2.24, 2.45) is 16.3 Å². The molecule has 158 valence electrons. The van der Waals surface area contributed by atoms with Gasteiger partial charge in [0.05, 0.1) is 0 Å². The SMILES string of the molecule is CCNC(=NCC1(Cc2ccccc2)CC1)NC1CCN(C(=O)C2CCCC2)C1. The summed E-state index contributed by atoms with van der Waals surface area (Å²) < 4.78 is 0. The van der Waals surface area contributed by atoms with Crippen molar-refractivity contribution >= 4 is 11.9 Å². The Labute approximate surface area is 175 Å². The zero-order chi connectivity index (χ0) is 20.1. The second kappa shape index (κ2) is 9.19. The zero-order valence-corrected chi connectivity index (χ0v) is 17.8. The van der Waals surface area contributed by atoms with Crippen LogP contribution in [-0.4, -0.2) is 49.0 Å². The van der Waals surface area contributed by atoms with Gasteiger partial charge >= 0.3 is 0 Å². The van der Waals surface area contributed by atoms with E-state index in [9.17, 15) is 4.79 Å². The molecule has 2 aliphatic carbocycles. The molecule has 4 rings (SSSR count). The summed E-state index contributed by atoms with van der Waals surface area (Å²) in [6.45, 7) is 5.53. The van der Waals surface area contributed by atoms with Crippen LogP contribution in [0.15, 0.2) is 35.3 Å². The number of hydrogen-bond acceptors (Lipinski definition) is 2. The number of guanidine groups is 1. The van der Waals surface area contributed by atoms with E-state index in [1.165, 1.54) is 31.2 Å². The van der Waals surface area contributed by atoms with E-state index >= 15 is 0 Å². The lowest BCUT2D eigenvalue weighted by molar-refractivity contribution is -0.134. The van der Waals surface area contributed by atoms with E-state index in [4.69, 9.17) is 4.99 Å². The fraction of sp³-hybridized carbons (Fsp3) is 0.667. The van der Waals surface area contributed by atoms with Crippen LogP contribution in [0.3, 0.4) is 0 Å². The lowest BCUT2D eigenvalue weighted by Crippen LogP contribution is -2.45. The third-order valence-electron chi connectivity index (χ3n) is 6.84. The van der Waals surface area contributed by atoms with Crippen LogP contribution in [0, 0.1) is 11.3 Å². The number of hydrogen-bond donors (Lipinski definition) is 2. The zero-order valence-electron chi connectivity index (χ0n) is 17.8. The summed E-state index contributed by atoms with van der Waals surface area (Å²) >= 11 is 0. The van der Waals surface area contributed by atoms with E-state index in [2.05, 4.69) is 52.8 Å². The van der Waals surface area contributed by atoms with E-state index < -0.39 is 0 Å². The minimum atomic E-state index is 0.281. The average molecular weight is 397 g/mol. The molecular formula is C24H36N4O. The monoisotopic (exact) mass is 396 g/mol. The standard InChI is InChI=1S/C24H36N4O/c1-2-25-23(26-18-24(13-14-24)16-19-8-4-3-5-9-19)27-21-12-15-28(17-21)22(29)20-10-6-7-11-20/h3-5,8-9,20-21H,2,6-7,10-18H2,1H3,(H2,25,26,27). The van der Waals surface area contributed by atoms with E-state index in [1.54, 1.807) is 0 Å². The third kappa shape index (κ3) is 5.31. The van der Waals surface area contributed by atoms with Crippen molar-refractivity contribution in [2.45, 2.75) is 64.3 Å². The number of carbonyl (C=O) groups is 1. The minimum Gasteiger partial charge on any atom is -0.357 e. The molecule has 3 fully saturated rings. The van der Waals surface area contributed by atoms with Gasteiger partial charge in [-0.05, 0) is 56.4 Å². The minimum absolute atomic E-state index is 0.281. The van der Waals surface area contributed by atoms with Crippen molar-refractivity contribution in [3.63, 3.8) is 0 Å². The van der Waals surface area contributed by atoms with Gasteiger partial charge in [0.2, 0.25) is 5.91 Å². The van der Waals surface area contributed by atoms with E-state index in [-0.39, 0.29) is 5.92 Å². The van der Waals surface area contributed by atoms with Crippen LogP contribution in [0.1, 0.15) is 57.4 Å². The Hall–Kier alpha value is -2.04. The molecule has 29 heavy (non-hydrogen) atoms. The van der Waals surface area contributed by atoms with Crippen molar-refractivity contribution in [3.8, 4) is 0 Å². The van der Waals surface area contributed by atoms with Crippen LogP contribution < -0.4 is 10.6 Å². The summed E-state index contributed by atoms with van der Waals surface area (Å²) in [6.07, 6.45) is 9.25. The molecule has 0 bridgehead atoms. The molecule has 0 aromatic heterocycles. The van der Waals surface area contributed by atoms with Gasteiger partial charge in [-0.15, -0.1) is 0 Å². The molecule has 1 aliphatic heterocycles. The van der Waals surface area contributed by atoms with Gasteiger partial charge in [-0.1, -0.05) is 43.2 Å². The Kier molecular flexibility index (Phi) is 6.41. The van der Waals surface area contributed by atoms with Gasteiger partial charge < -0.3 is 15.5 Å². The highest BCUT2D eigenvalue weighted by Crippen LogP contribution is 2.48. The molecule has 2 saturated carbocycles. The van der Waals surface area contributed by atoms with Crippen molar-refractivity contribution < 1.29 is 4.79 Å². The summed E-state index contributed by atoms with van der Waals surface area (Å²) in [5.74, 6) is 1.57. The summed E-state index contributed by atoms with van der Waals surface area (Å²) in [4.78, 5) is 19.7. The first-order valence-electron chi connectivity index (χ1n) is 11.5. The second-order valence-electron chi connectivity index (χ2n) is 9.25. The molecule has 1 saturated heterocycles. The van der Waals surface area contributed by atoms with Crippen LogP contribution in [0.5, 0.6) is 0 Å². The molecule has 0 radical (unpaired) electrons. The Bertz CT molecular complexity index is 707. The maximum Gasteiger partial charge on any atom is 0.225 e. The first kappa shape index (κ1) is 20.2. The Morgan fingerprint density at radius 2 is 1.93 bits per heavy atom. The Morgan fingerprint density at radius 1 is 1.17 bits per heavy atom. The quantitative estimate of drug-likeness (QED) is 0.549. The maximum absolute atomic E-state index is 12.7. The third-order valence-corrected chi connectivity index (χ3v) is 6.84. The Balaban J connectivity index is 1.30. The van der Waals surface area contributed by atoms with Crippen LogP contribution in [0.2, 0.25) is 0 Å². The lowest BCUT2D eigenvalue weighted by Gasteiger charge is -2.22. The van der Waals surface area contributed by atoms with Gasteiger partial charge in [0, 0.05) is 38.1 Å². The fourth-order valence-electron chi connectivity index (χ4n) is 4.87.